The summed E-state index contributed by atoms with van der Waals surface area (Å²) in [7, 11) is 2.08. The first-order chi connectivity index (χ1) is 18.1. The van der Waals surface area contributed by atoms with E-state index in [0.717, 1.165) is 41.4 Å². The van der Waals surface area contributed by atoms with Gasteiger partial charge in [-0.05, 0) is 43.2 Å². The molecule has 0 fully saturated rings. The molecule has 2 heterocycles. The molecule has 202 valence electrons. The molecule has 0 amide bonds. The fraction of sp³-hybridized carbons (Fsp3) is 0.519. The van der Waals surface area contributed by atoms with Crippen LogP contribution in [0.15, 0.2) is 47.6 Å². The van der Waals surface area contributed by atoms with Gasteiger partial charge in [0.25, 0.3) is 0 Å². The molecular weight excluding hydrogens is 508 g/mol. The summed E-state index contributed by atoms with van der Waals surface area (Å²) in [5, 5.41) is 2.31. The van der Waals surface area contributed by atoms with E-state index >= 15 is 0 Å². The Morgan fingerprint density at radius 1 is 0.811 bits per heavy atom. The first-order valence-corrected chi connectivity index (χ1v) is 15.7. The third kappa shape index (κ3) is 8.93. The van der Waals surface area contributed by atoms with E-state index in [1.807, 2.05) is 36.3 Å². The summed E-state index contributed by atoms with van der Waals surface area (Å²) >= 11 is 1.89. The highest BCUT2D eigenvalue weighted by Crippen LogP contribution is 2.32. The van der Waals surface area contributed by atoms with Crippen molar-refractivity contribution in [3.05, 3.63) is 42.7 Å². The molecule has 0 unspecified atom stereocenters. The van der Waals surface area contributed by atoms with E-state index in [9.17, 15) is 4.79 Å². The Kier molecular flexibility index (Phi) is 12.6. The molecule has 0 bridgehead atoms. The number of aromatic nitrogens is 2. The van der Waals surface area contributed by atoms with Gasteiger partial charge in [-0.25, -0.2) is 4.79 Å². The fourth-order valence-corrected chi connectivity index (χ4v) is 6.94. The number of hydrogen-bond acceptors (Lipinski definition) is 9. The van der Waals surface area contributed by atoms with E-state index in [0.29, 0.717) is 19.1 Å². The highest BCUT2D eigenvalue weighted by Gasteiger charge is 2.37. The van der Waals surface area contributed by atoms with Gasteiger partial charge in [-0.3, -0.25) is 9.97 Å². The minimum atomic E-state index is -2.62. The second-order valence-corrected chi connectivity index (χ2v) is 12.9. The van der Waals surface area contributed by atoms with Gasteiger partial charge in [0.15, 0.2) is 0 Å². The van der Waals surface area contributed by atoms with Crippen molar-refractivity contribution in [1.29, 1.82) is 0 Å². The lowest BCUT2D eigenvalue weighted by atomic mass is 10.1. The van der Waals surface area contributed by atoms with Gasteiger partial charge < -0.3 is 22.8 Å². The van der Waals surface area contributed by atoms with E-state index in [4.69, 9.17) is 22.8 Å². The molecule has 8 nitrogen and oxygen atoms in total. The summed E-state index contributed by atoms with van der Waals surface area (Å²) in [6.07, 6.45) is 10.2. The lowest BCUT2D eigenvalue weighted by molar-refractivity contribution is 0.0521. The lowest BCUT2D eigenvalue weighted by Crippen LogP contribution is -2.42. The molecule has 0 N–H and O–H groups in total. The highest BCUT2D eigenvalue weighted by molar-refractivity contribution is 7.99. The summed E-state index contributed by atoms with van der Waals surface area (Å²) in [4.78, 5) is 22.1. The zero-order valence-corrected chi connectivity index (χ0v) is 23.9. The number of carbonyl (C=O) groups is 1. The van der Waals surface area contributed by atoms with Gasteiger partial charge in [0.05, 0.1) is 24.2 Å². The second-order valence-electron chi connectivity index (χ2n) is 8.67. The number of unbranched alkanes of at least 4 members (excludes halogenated alkanes) is 5. The van der Waals surface area contributed by atoms with Crippen molar-refractivity contribution in [1.82, 2.24) is 9.97 Å². The predicted molar refractivity (Wildman–Crippen MR) is 149 cm³/mol. The lowest BCUT2D eigenvalue weighted by Gasteiger charge is -2.23. The Balaban J connectivity index is 1.22. The minimum Gasteiger partial charge on any atom is -0.434 e. The zero-order chi connectivity index (χ0) is 26.3. The number of hydrogen-bond donors (Lipinski definition) is 0. The van der Waals surface area contributed by atoms with Crippen molar-refractivity contribution < 1.29 is 27.5 Å². The standard InChI is InChI=1S/C27H38N2O6SSi/c1-31-37(32-2,33-3)20-12-18-35-27(30)34-17-8-6-4-5-7-9-19-36-24-21-22-13-10-15-28-25(22)26-23(24)14-11-16-29-26/h10-11,13-16,21H,4-9,12,17-20H2,1-3H3. The maximum Gasteiger partial charge on any atom is 0.508 e. The van der Waals surface area contributed by atoms with Crippen LogP contribution in [0, 0.1) is 0 Å². The van der Waals surface area contributed by atoms with Gasteiger partial charge in [0.2, 0.25) is 0 Å². The Labute approximate surface area is 224 Å². The van der Waals surface area contributed by atoms with Crippen LogP contribution < -0.4 is 0 Å². The monoisotopic (exact) mass is 546 g/mol. The number of ether oxygens (including phenoxy) is 2. The highest BCUT2D eigenvalue weighted by atomic mass is 32.2. The van der Waals surface area contributed by atoms with Crippen LogP contribution in [0.4, 0.5) is 4.79 Å². The number of benzene rings is 1. The molecule has 0 spiro atoms. The molecular formula is C27H38N2O6SSi. The van der Waals surface area contributed by atoms with Crippen molar-refractivity contribution in [3.8, 4) is 0 Å². The number of nitrogens with zero attached hydrogens (tertiary/aromatic N) is 2. The smallest absolute Gasteiger partial charge is 0.434 e. The SMILES string of the molecule is CO[Si](CCCOC(=O)OCCCCCCCCSc1cc2cccnc2c2ncccc12)(OC)OC. The summed E-state index contributed by atoms with van der Waals surface area (Å²) in [5.74, 6) is 1.08. The van der Waals surface area contributed by atoms with Crippen LogP contribution in [0.5, 0.6) is 0 Å². The van der Waals surface area contributed by atoms with Gasteiger partial charge in [-0.15, -0.1) is 11.8 Å². The van der Waals surface area contributed by atoms with Crippen molar-refractivity contribution in [2.24, 2.45) is 0 Å². The number of rotatable bonds is 17. The zero-order valence-electron chi connectivity index (χ0n) is 22.1. The van der Waals surface area contributed by atoms with Crippen LogP contribution in [0.1, 0.15) is 44.9 Å². The molecule has 10 heteroatoms. The molecule has 0 aliphatic carbocycles. The van der Waals surface area contributed by atoms with Crippen molar-refractivity contribution >= 4 is 48.5 Å². The van der Waals surface area contributed by atoms with Crippen molar-refractivity contribution in [2.75, 3.05) is 40.3 Å². The quantitative estimate of drug-likeness (QED) is 0.0608. The second kappa shape index (κ2) is 15.9. The molecule has 1 aromatic carbocycles. The molecule has 0 saturated heterocycles. The van der Waals surface area contributed by atoms with E-state index in [1.54, 1.807) is 21.3 Å². The van der Waals surface area contributed by atoms with Crippen LogP contribution in [-0.4, -0.2) is 65.2 Å². The summed E-state index contributed by atoms with van der Waals surface area (Å²) < 4.78 is 26.3. The van der Waals surface area contributed by atoms with E-state index < -0.39 is 15.0 Å². The molecule has 0 radical (unpaired) electrons. The van der Waals surface area contributed by atoms with Gasteiger partial charge in [0, 0.05) is 55.4 Å². The predicted octanol–water partition coefficient (Wildman–Crippen LogP) is 6.64. The van der Waals surface area contributed by atoms with Gasteiger partial charge in [0.1, 0.15) is 0 Å². The molecule has 2 aromatic heterocycles. The molecule has 37 heavy (non-hydrogen) atoms. The first-order valence-electron chi connectivity index (χ1n) is 12.8. The average Bonchev–Trinajstić information content (AvgIpc) is 2.94. The fourth-order valence-electron chi connectivity index (χ4n) is 4.15. The first kappa shape index (κ1) is 29.3. The van der Waals surface area contributed by atoms with Crippen molar-refractivity contribution in [3.63, 3.8) is 0 Å². The molecule has 3 aromatic rings. The van der Waals surface area contributed by atoms with Gasteiger partial charge in [-0.2, -0.15) is 0 Å². The molecule has 0 saturated carbocycles. The van der Waals surface area contributed by atoms with Gasteiger partial charge >= 0.3 is 15.0 Å². The van der Waals surface area contributed by atoms with Crippen LogP contribution >= 0.6 is 11.8 Å². The molecule has 0 atom stereocenters. The van der Waals surface area contributed by atoms with E-state index in [-0.39, 0.29) is 6.61 Å². The summed E-state index contributed by atoms with van der Waals surface area (Å²) in [6, 6.07) is 11.0. The Bertz CT molecular complexity index is 1110. The summed E-state index contributed by atoms with van der Waals surface area (Å²) in [5.41, 5.74) is 1.93. The maximum atomic E-state index is 11.7. The van der Waals surface area contributed by atoms with Crippen LogP contribution in [0.2, 0.25) is 6.04 Å². The molecule has 0 aliphatic heterocycles. The Morgan fingerprint density at radius 2 is 1.43 bits per heavy atom. The number of fused-ring (bicyclic) bond motifs is 3. The Hall–Kier alpha value is -2.24. The third-order valence-corrected chi connectivity index (χ3v) is 10.2. The topological polar surface area (TPSA) is 89.0 Å². The van der Waals surface area contributed by atoms with Crippen molar-refractivity contribution in [2.45, 2.75) is 55.9 Å². The summed E-state index contributed by atoms with van der Waals surface area (Å²) in [6.45, 7) is 0.642. The van der Waals surface area contributed by atoms with E-state index in [1.165, 1.54) is 29.5 Å². The van der Waals surface area contributed by atoms with E-state index in [2.05, 4.69) is 28.2 Å². The van der Waals surface area contributed by atoms with Crippen LogP contribution in [0.3, 0.4) is 0 Å². The normalized spacial score (nSPS) is 11.8. The average molecular weight is 547 g/mol. The minimum absolute atomic E-state index is 0.254. The number of thioether (sulfide) groups is 1. The van der Waals surface area contributed by atoms with Crippen LogP contribution in [-0.2, 0) is 22.8 Å². The van der Waals surface area contributed by atoms with Gasteiger partial charge in [-0.1, -0.05) is 37.8 Å². The molecule has 0 aliphatic rings. The third-order valence-electron chi connectivity index (χ3n) is 6.22. The number of pyridine rings is 2. The Morgan fingerprint density at radius 3 is 2.16 bits per heavy atom. The number of carbonyl (C=O) groups excluding carboxylic acids is 1. The maximum absolute atomic E-state index is 11.7. The van der Waals surface area contributed by atoms with Crippen LogP contribution in [0.25, 0.3) is 21.8 Å². The molecule has 3 rings (SSSR count). The largest absolute Gasteiger partial charge is 0.508 e.